The van der Waals surface area contributed by atoms with Crippen molar-refractivity contribution in [2.24, 2.45) is 0 Å². The number of hydrogen-bond acceptors (Lipinski definition) is 6. The largest absolute Gasteiger partial charge is 0.378 e. The molecule has 3 heterocycles. The lowest BCUT2D eigenvalue weighted by molar-refractivity contribution is 0.122. The number of aromatic nitrogens is 3. The van der Waals surface area contributed by atoms with Gasteiger partial charge in [-0.25, -0.2) is 18.4 Å². The highest BCUT2D eigenvalue weighted by Crippen LogP contribution is 2.26. The van der Waals surface area contributed by atoms with Gasteiger partial charge in [-0.2, -0.15) is 0 Å². The third-order valence-electron chi connectivity index (χ3n) is 4.33. The van der Waals surface area contributed by atoms with Crippen molar-refractivity contribution in [2.75, 3.05) is 37.5 Å². The monoisotopic (exact) mass is 372 g/mol. The number of benzene rings is 1. The molecule has 4 rings (SSSR count). The third kappa shape index (κ3) is 3.71. The number of aromatic amines is 1. The highest BCUT2D eigenvalue weighted by molar-refractivity contribution is 7.89. The molecule has 7 nitrogen and oxygen atoms in total. The molecule has 1 fully saturated rings. The van der Waals surface area contributed by atoms with Gasteiger partial charge in [-0.05, 0) is 18.2 Å². The molecule has 1 N–H and O–H groups in total. The first kappa shape index (κ1) is 17.0. The topological polar surface area (TPSA) is 88.2 Å². The van der Waals surface area contributed by atoms with E-state index in [1.807, 2.05) is 36.5 Å². The minimum Gasteiger partial charge on any atom is -0.378 e. The Morgan fingerprint density at radius 3 is 2.73 bits per heavy atom. The SMILES string of the molecule is CS(=O)(=O)Cc1nc(-c2ccc3[nH]ccc3c2)cc(N2CCOCC2)n1. The quantitative estimate of drug-likeness (QED) is 0.754. The summed E-state index contributed by atoms with van der Waals surface area (Å²) in [5.74, 6) is 0.886. The van der Waals surface area contributed by atoms with E-state index in [4.69, 9.17) is 4.74 Å². The molecular weight excluding hydrogens is 352 g/mol. The van der Waals surface area contributed by atoms with E-state index in [0.29, 0.717) is 19.0 Å². The summed E-state index contributed by atoms with van der Waals surface area (Å²) < 4.78 is 28.9. The first-order valence-electron chi connectivity index (χ1n) is 8.44. The zero-order chi connectivity index (χ0) is 18.1. The van der Waals surface area contributed by atoms with Crippen LogP contribution in [0.15, 0.2) is 36.5 Å². The molecule has 2 aromatic heterocycles. The molecule has 26 heavy (non-hydrogen) atoms. The second-order valence-corrected chi connectivity index (χ2v) is 8.62. The fraction of sp³-hybridized carbons (Fsp3) is 0.333. The van der Waals surface area contributed by atoms with Gasteiger partial charge in [0.2, 0.25) is 0 Å². The van der Waals surface area contributed by atoms with Crippen LogP contribution in [0, 0.1) is 0 Å². The van der Waals surface area contributed by atoms with Crippen LogP contribution in [0.1, 0.15) is 5.82 Å². The molecule has 1 saturated heterocycles. The number of H-pyrrole nitrogens is 1. The summed E-state index contributed by atoms with van der Waals surface area (Å²) in [4.78, 5) is 14.3. The number of morpholine rings is 1. The maximum atomic E-state index is 11.8. The highest BCUT2D eigenvalue weighted by atomic mass is 32.2. The van der Waals surface area contributed by atoms with Crippen molar-refractivity contribution in [3.05, 3.63) is 42.4 Å². The number of nitrogens with zero attached hydrogens (tertiary/aromatic N) is 3. The first-order valence-corrected chi connectivity index (χ1v) is 10.5. The van der Waals surface area contributed by atoms with E-state index in [0.717, 1.165) is 41.1 Å². The lowest BCUT2D eigenvalue weighted by Gasteiger charge is -2.28. The van der Waals surface area contributed by atoms with Crippen molar-refractivity contribution in [1.29, 1.82) is 0 Å². The Labute approximate surface area is 152 Å². The normalized spacial score (nSPS) is 15.5. The van der Waals surface area contributed by atoms with Gasteiger partial charge in [0.25, 0.3) is 0 Å². The number of hydrogen-bond donors (Lipinski definition) is 1. The van der Waals surface area contributed by atoms with Crippen molar-refractivity contribution in [3.8, 4) is 11.3 Å². The van der Waals surface area contributed by atoms with E-state index in [1.54, 1.807) is 0 Å². The van der Waals surface area contributed by atoms with Gasteiger partial charge in [0.15, 0.2) is 9.84 Å². The summed E-state index contributed by atoms with van der Waals surface area (Å²) in [6.07, 6.45) is 3.09. The Morgan fingerprint density at radius 1 is 1.15 bits per heavy atom. The van der Waals surface area contributed by atoms with E-state index in [1.165, 1.54) is 6.26 Å². The second-order valence-electron chi connectivity index (χ2n) is 6.48. The molecule has 1 aromatic carbocycles. The molecule has 0 spiro atoms. The fourth-order valence-electron chi connectivity index (χ4n) is 3.10. The zero-order valence-corrected chi connectivity index (χ0v) is 15.3. The highest BCUT2D eigenvalue weighted by Gasteiger charge is 2.17. The number of rotatable bonds is 4. The van der Waals surface area contributed by atoms with Crippen LogP contribution >= 0.6 is 0 Å². The van der Waals surface area contributed by atoms with Gasteiger partial charge in [-0.3, -0.25) is 0 Å². The molecule has 1 aliphatic rings. The minimum absolute atomic E-state index is 0.176. The first-order chi connectivity index (χ1) is 12.5. The smallest absolute Gasteiger partial charge is 0.154 e. The van der Waals surface area contributed by atoms with Crippen LogP contribution < -0.4 is 4.90 Å². The number of sulfone groups is 1. The van der Waals surface area contributed by atoms with Crippen molar-refractivity contribution < 1.29 is 13.2 Å². The average Bonchev–Trinajstić information content (AvgIpc) is 3.08. The standard InChI is InChI=1S/C18H20N4O3S/c1-26(23,24)12-17-20-16(11-18(21-17)22-6-8-25-9-7-22)13-2-3-15-14(10-13)4-5-19-15/h2-5,10-11,19H,6-9,12H2,1H3. The van der Waals surface area contributed by atoms with Crippen molar-refractivity contribution in [1.82, 2.24) is 15.0 Å². The van der Waals surface area contributed by atoms with Gasteiger partial charge in [0, 0.05) is 48.1 Å². The summed E-state index contributed by atoms with van der Waals surface area (Å²) in [5, 5.41) is 1.08. The van der Waals surface area contributed by atoms with E-state index < -0.39 is 9.84 Å². The van der Waals surface area contributed by atoms with Crippen LogP contribution in [0.4, 0.5) is 5.82 Å². The average molecular weight is 372 g/mol. The van der Waals surface area contributed by atoms with Gasteiger partial charge in [-0.1, -0.05) is 6.07 Å². The van der Waals surface area contributed by atoms with E-state index in [2.05, 4.69) is 19.9 Å². The van der Waals surface area contributed by atoms with Gasteiger partial charge in [0.05, 0.1) is 18.9 Å². The van der Waals surface area contributed by atoms with E-state index in [-0.39, 0.29) is 5.75 Å². The number of anilines is 1. The molecule has 0 unspecified atom stereocenters. The number of ether oxygens (including phenoxy) is 1. The van der Waals surface area contributed by atoms with Crippen LogP contribution in [-0.2, 0) is 20.3 Å². The molecule has 0 atom stereocenters. The summed E-state index contributed by atoms with van der Waals surface area (Å²) in [6.45, 7) is 2.73. The molecule has 0 aliphatic carbocycles. The molecule has 0 bridgehead atoms. The van der Waals surface area contributed by atoms with Gasteiger partial charge in [-0.15, -0.1) is 0 Å². The van der Waals surface area contributed by atoms with Crippen LogP contribution in [0.5, 0.6) is 0 Å². The molecule has 3 aromatic rings. The Bertz CT molecular complexity index is 1040. The van der Waals surface area contributed by atoms with Crippen LogP contribution in [-0.4, -0.2) is 55.9 Å². The minimum atomic E-state index is -3.22. The summed E-state index contributed by atoms with van der Waals surface area (Å²) in [6, 6.07) is 9.94. The molecule has 8 heteroatoms. The molecule has 0 amide bonds. The maximum absolute atomic E-state index is 11.8. The molecule has 0 radical (unpaired) electrons. The van der Waals surface area contributed by atoms with Crippen molar-refractivity contribution >= 4 is 26.6 Å². The van der Waals surface area contributed by atoms with Crippen LogP contribution in [0.25, 0.3) is 22.2 Å². The molecule has 136 valence electrons. The molecular formula is C18H20N4O3S. The molecule has 0 saturated carbocycles. The second kappa shape index (κ2) is 6.69. The summed E-state index contributed by atoms with van der Waals surface area (Å²) in [7, 11) is -3.22. The number of nitrogens with one attached hydrogen (secondary N) is 1. The fourth-order valence-corrected chi connectivity index (χ4v) is 3.70. The van der Waals surface area contributed by atoms with Crippen LogP contribution in [0.3, 0.4) is 0 Å². The van der Waals surface area contributed by atoms with Crippen LogP contribution in [0.2, 0.25) is 0 Å². The summed E-state index contributed by atoms with van der Waals surface area (Å²) in [5.41, 5.74) is 2.71. The maximum Gasteiger partial charge on any atom is 0.154 e. The third-order valence-corrected chi connectivity index (χ3v) is 5.12. The Kier molecular flexibility index (Phi) is 4.37. The van der Waals surface area contributed by atoms with E-state index >= 15 is 0 Å². The number of fused-ring (bicyclic) bond motifs is 1. The Morgan fingerprint density at radius 2 is 1.96 bits per heavy atom. The Balaban J connectivity index is 1.79. The van der Waals surface area contributed by atoms with Gasteiger partial charge < -0.3 is 14.6 Å². The molecule has 1 aliphatic heterocycles. The van der Waals surface area contributed by atoms with Gasteiger partial charge in [0.1, 0.15) is 17.4 Å². The zero-order valence-electron chi connectivity index (χ0n) is 14.5. The predicted molar refractivity (Wildman–Crippen MR) is 101 cm³/mol. The predicted octanol–water partition coefficient (Wildman–Crippen LogP) is 2.01. The van der Waals surface area contributed by atoms with E-state index in [9.17, 15) is 8.42 Å². The van der Waals surface area contributed by atoms with Gasteiger partial charge >= 0.3 is 0 Å². The Hall–Kier alpha value is -2.45. The lowest BCUT2D eigenvalue weighted by atomic mass is 10.1. The summed E-state index contributed by atoms with van der Waals surface area (Å²) >= 11 is 0. The van der Waals surface area contributed by atoms with Crippen molar-refractivity contribution in [3.63, 3.8) is 0 Å². The lowest BCUT2D eigenvalue weighted by Crippen LogP contribution is -2.37. The van der Waals surface area contributed by atoms with Crippen molar-refractivity contribution in [2.45, 2.75) is 5.75 Å².